The molecule has 0 radical (unpaired) electrons. The summed E-state index contributed by atoms with van der Waals surface area (Å²) in [6.45, 7) is 15.8. The van der Waals surface area contributed by atoms with Crippen LogP contribution in [0.25, 0.3) is 22.4 Å². The van der Waals surface area contributed by atoms with Gasteiger partial charge in [-0.2, -0.15) is 5.10 Å². The van der Waals surface area contributed by atoms with Gasteiger partial charge in [-0.1, -0.05) is 27.7 Å². The Morgan fingerprint density at radius 3 is 2.21 bits per heavy atom. The number of hydrogen-bond acceptors (Lipinski definition) is 7. The van der Waals surface area contributed by atoms with Gasteiger partial charge in [-0.05, 0) is 51.7 Å². The van der Waals surface area contributed by atoms with Crippen molar-refractivity contribution in [3.63, 3.8) is 0 Å². The molecule has 0 spiro atoms. The molecule has 3 rings (SSSR count). The zero-order valence-corrected chi connectivity index (χ0v) is 21.1. The molecule has 33 heavy (non-hydrogen) atoms. The second-order valence-corrected chi connectivity index (χ2v) is 8.42. The molecule has 0 saturated carbocycles. The smallest absolute Gasteiger partial charge is 0.179 e. The van der Waals surface area contributed by atoms with Crippen LogP contribution in [0.3, 0.4) is 0 Å². The molecule has 0 fully saturated rings. The van der Waals surface area contributed by atoms with Crippen molar-refractivity contribution in [3.05, 3.63) is 34.9 Å². The third-order valence-electron chi connectivity index (χ3n) is 5.85. The van der Waals surface area contributed by atoms with Crippen LogP contribution in [0.15, 0.2) is 12.1 Å². The Hall–Kier alpha value is -2.42. The van der Waals surface area contributed by atoms with Crippen LogP contribution in [0.1, 0.15) is 82.7 Å². The number of pyridine rings is 1. The highest BCUT2D eigenvalue weighted by Gasteiger charge is 2.28. The Bertz CT molecular complexity index is 1070. The molecular weight excluding hydrogens is 416 g/mol. The van der Waals surface area contributed by atoms with Crippen LogP contribution in [0.4, 0.5) is 0 Å². The van der Waals surface area contributed by atoms with Gasteiger partial charge >= 0.3 is 0 Å². The molecule has 0 aliphatic carbocycles. The molecule has 8 nitrogen and oxygen atoms in total. The molecule has 3 aromatic rings. The zero-order valence-electron chi connectivity index (χ0n) is 21.1. The van der Waals surface area contributed by atoms with Gasteiger partial charge in [0.05, 0.1) is 22.8 Å². The molecule has 1 unspecified atom stereocenters. The van der Waals surface area contributed by atoms with Crippen molar-refractivity contribution >= 4 is 11.2 Å². The van der Waals surface area contributed by atoms with Crippen molar-refractivity contribution in [1.29, 1.82) is 0 Å². The van der Waals surface area contributed by atoms with Crippen molar-refractivity contribution < 1.29 is 9.47 Å². The van der Waals surface area contributed by atoms with E-state index < -0.39 is 6.29 Å². The van der Waals surface area contributed by atoms with Gasteiger partial charge < -0.3 is 15.2 Å². The summed E-state index contributed by atoms with van der Waals surface area (Å²) in [5.74, 6) is 0.332. The van der Waals surface area contributed by atoms with Crippen molar-refractivity contribution in [3.8, 4) is 11.3 Å². The molecule has 0 amide bonds. The van der Waals surface area contributed by atoms with Crippen molar-refractivity contribution in [2.45, 2.75) is 86.1 Å². The lowest BCUT2D eigenvalue weighted by Gasteiger charge is -2.26. The van der Waals surface area contributed by atoms with Gasteiger partial charge in [0.25, 0.3) is 0 Å². The number of aryl methyl sites for hydroxylation is 2. The van der Waals surface area contributed by atoms with E-state index >= 15 is 0 Å². The van der Waals surface area contributed by atoms with Crippen LogP contribution < -0.4 is 5.73 Å². The highest BCUT2D eigenvalue weighted by atomic mass is 16.7. The number of nitrogens with two attached hydrogens (primary N) is 1. The molecule has 8 heteroatoms. The average Bonchev–Trinajstić information content (AvgIpc) is 3.13. The number of nitrogens with zero attached hydrogens (tertiary/aromatic N) is 5. The van der Waals surface area contributed by atoms with Crippen molar-refractivity contribution in [1.82, 2.24) is 24.7 Å². The SMILES string of the molecule is CCOC(OCC)C(CC)n1nc(C)c2nc(-c3ccc(C(C)C)nc3CN)c(CC)nc21. The first-order valence-electron chi connectivity index (χ1n) is 12.1. The maximum Gasteiger partial charge on any atom is 0.179 e. The van der Waals surface area contributed by atoms with Crippen LogP contribution in [-0.4, -0.2) is 44.2 Å². The summed E-state index contributed by atoms with van der Waals surface area (Å²) < 4.78 is 13.7. The summed E-state index contributed by atoms with van der Waals surface area (Å²) in [5.41, 5.74) is 13.0. The molecule has 180 valence electrons. The number of ether oxygens (including phenoxy) is 2. The largest absolute Gasteiger partial charge is 0.351 e. The van der Waals surface area contributed by atoms with E-state index in [1.165, 1.54) is 0 Å². The van der Waals surface area contributed by atoms with Gasteiger partial charge in [-0.25, -0.2) is 14.6 Å². The van der Waals surface area contributed by atoms with Gasteiger partial charge in [0.15, 0.2) is 11.9 Å². The molecule has 0 aromatic carbocycles. The third kappa shape index (κ3) is 5.08. The second kappa shape index (κ2) is 11.1. The lowest BCUT2D eigenvalue weighted by atomic mass is 10.0. The molecule has 2 N–H and O–H groups in total. The fourth-order valence-electron chi connectivity index (χ4n) is 4.10. The van der Waals surface area contributed by atoms with Crippen molar-refractivity contribution in [2.75, 3.05) is 13.2 Å². The first-order valence-corrected chi connectivity index (χ1v) is 12.1. The molecule has 0 saturated heterocycles. The zero-order chi connectivity index (χ0) is 24.1. The van der Waals surface area contributed by atoms with E-state index in [9.17, 15) is 0 Å². The molecule has 0 aliphatic rings. The van der Waals surface area contributed by atoms with E-state index in [1.54, 1.807) is 0 Å². The Kier molecular flexibility index (Phi) is 8.51. The molecule has 3 heterocycles. The highest BCUT2D eigenvalue weighted by molar-refractivity contribution is 5.78. The van der Waals surface area contributed by atoms with Gasteiger partial charge in [0.1, 0.15) is 11.6 Å². The highest BCUT2D eigenvalue weighted by Crippen LogP contribution is 2.31. The van der Waals surface area contributed by atoms with Gasteiger partial charge in [0, 0.05) is 31.0 Å². The van der Waals surface area contributed by atoms with Gasteiger partial charge in [-0.3, -0.25) is 4.98 Å². The van der Waals surface area contributed by atoms with Crippen LogP contribution in [0.5, 0.6) is 0 Å². The summed E-state index contributed by atoms with van der Waals surface area (Å²) >= 11 is 0. The van der Waals surface area contributed by atoms with Crippen LogP contribution >= 0.6 is 0 Å². The molecular formula is C25H38N6O2. The first kappa shape index (κ1) is 25.2. The van der Waals surface area contributed by atoms with Gasteiger partial charge in [-0.15, -0.1) is 0 Å². The van der Waals surface area contributed by atoms with Crippen LogP contribution in [0, 0.1) is 6.92 Å². The standard InChI is InChI=1S/C25H38N6O2/c1-8-18-23(17-12-13-19(15(5)6)27-20(17)14-26)29-22-16(7)30-31(24(22)28-18)21(9-2)25(32-10-3)33-11-4/h12-13,15,21,25H,8-11,14,26H2,1-7H3. The van der Waals surface area contributed by atoms with E-state index in [1.807, 2.05) is 25.5 Å². The van der Waals surface area contributed by atoms with Crippen LogP contribution in [-0.2, 0) is 22.4 Å². The minimum absolute atomic E-state index is 0.0995. The minimum Gasteiger partial charge on any atom is -0.351 e. The van der Waals surface area contributed by atoms with Crippen molar-refractivity contribution in [2.24, 2.45) is 5.73 Å². The van der Waals surface area contributed by atoms with E-state index in [0.717, 1.165) is 58.0 Å². The van der Waals surface area contributed by atoms with E-state index in [0.29, 0.717) is 25.7 Å². The number of aromatic nitrogens is 5. The molecule has 3 aromatic heterocycles. The summed E-state index contributed by atoms with van der Waals surface area (Å²) in [7, 11) is 0. The maximum absolute atomic E-state index is 6.09. The normalized spacial score (nSPS) is 12.9. The number of fused-ring (bicyclic) bond motifs is 1. The first-order chi connectivity index (χ1) is 15.9. The monoisotopic (exact) mass is 454 g/mol. The minimum atomic E-state index is -0.393. The molecule has 0 bridgehead atoms. The maximum atomic E-state index is 6.09. The Labute approximate surface area is 196 Å². The van der Waals surface area contributed by atoms with E-state index in [2.05, 4.69) is 39.8 Å². The topological polar surface area (TPSA) is 101 Å². The fraction of sp³-hybridized carbons (Fsp3) is 0.600. The average molecular weight is 455 g/mol. The number of hydrogen-bond donors (Lipinski definition) is 1. The summed E-state index contributed by atoms with van der Waals surface area (Å²) in [5, 5.41) is 4.83. The van der Waals surface area contributed by atoms with E-state index in [4.69, 9.17) is 35.3 Å². The quantitative estimate of drug-likeness (QED) is 0.419. The number of rotatable bonds is 11. The lowest BCUT2D eigenvalue weighted by molar-refractivity contribution is -0.164. The third-order valence-corrected chi connectivity index (χ3v) is 5.85. The Morgan fingerprint density at radius 1 is 0.970 bits per heavy atom. The molecule has 0 aliphatic heterocycles. The summed E-state index contributed by atoms with van der Waals surface area (Å²) in [6, 6.07) is 4.04. The lowest BCUT2D eigenvalue weighted by Crippen LogP contribution is -2.30. The molecule has 1 atom stereocenters. The van der Waals surface area contributed by atoms with Gasteiger partial charge in [0.2, 0.25) is 0 Å². The Morgan fingerprint density at radius 2 is 1.67 bits per heavy atom. The summed E-state index contributed by atoms with van der Waals surface area (Å²) in [4.78, 5) is 14.9. The fourth-order valence-corrected chi connectivity index (χ4v) is 4.10. The second-order valence-electron chi connectivity index (χ2n) is 8.42. The van der Waals surface area contributed by atoms with E-state index in [-0.39, 0.29) is 6.04 Å². The predicted molar refractivity (Wildman–Crippen MR) is 131 cm³/mol. The summed E-state index contributed by atoms with van der Waals surface area (Å²) in [6.07, 6.45) is 1.13. The Balaban J connectivity index is 2.18. The van der Waals surface area contributed by atoms with Crippen LogP contribution in [0.2, 0.25) is 0 Å². The predicted octanol–water partition coefficient (Wildman–Crippen LogP) is 4.69.